The maximum atomic E-state index is 13.0. The van der Waals surface area contributed by atoms with Gasteiger partial charge >= 0.3 is 12.1 Å². The molecule has 40 heavy (non-hydrogen) atoms. The number of alkyl halides is 3. The standard InChI is InChI=1S/C33H34F3NO3/c1-4-39-31(38)19-12-24-10-13-26(14-11-24)27-15-17-28(18-16-27)32-30(23(3)37-40-32)20-22(2)8-9-25-6-5-7-29(21-25)33(34,35)36/h5-7,10-11,13-18,21-22H,4,8-9,12,19-20H2,1-3H3. The lowest BCUT2D eigenvalue weighted by Gasteiger charge is -2.13. The lowest BCUT2D eigenvalue weighted by molar-refractivity contribution is -0.143. The van der Waals surface area contributed by atoms with E-state index in [1.165, 1.54) is 12.1 Å². The molecule has 1 atom stereocenters. The molecule has 0 N–H and O–H groups in total. The fraction of sp³-hybridized carbons (Fsp3) is 0.333. The van der Waals surface area contributed by atoms with Gasteiger partial charge in [0.1, 0.15) is 0 Å². The fourth-order valence-electron chi connectivity index (χ4n) is 4.78. The van der Waals surface area contributed by atoms with Gasteiger partial charge in [0.05, 0.1) is 17.9 Å². The van der Waals surface area contributed by atoms with E-state index in [0.29, 0.717) is 31.4 Å². The summed E-state index contributed by atoms with van der Waals surface area (Å²) in [6, 6.07) is 21.8. The summed E-state index contributed by atoms with van der Waals surface area (Å²) in [5, 5.41) is 4.20. The number of hydrogen-bond donors (Lipinski definition) is 0. The first-order valence-electron chi connectivity index (χ1n) is 13.6. The van der Waals surface area contributed by atoms with Crippen molar-refractivity contribution >= 4 is 5.97 Å². The molecule has 7 heteroatoms. The molecule has 0 radical (unpaired) electrons. The van der Waals surface area contributed by atoms with E-state index < -0.39 is 11.7 Å². The first-order valence-corrected chi connectivity index (χ1v) is 13.6. The van der Waals surface area contributed by atoms with Crippen molar-refractivity contribution in [2.24, 2.45) is 5.92 Å². The number of aryl methyl sites for hydroxylation is 3. The second kappa shape index (κ2) is 13.0. The molecule has 4 aromatic rings. The molecular weight excluding hydrogens is 515 g/mol. The summed E-state index contributed by atoms with van der Waals surface area (Å²) >= 11 is 0. The number of rotatable bonds is 11. The van der Waals surface area contributed by atoms with Gasteiger partial charge in [-0.25, -0.2) is 0 Å². The van der Waals surface area contributed by atoms with Crippen molar-refractivity contribution in [3.63, 3.8) is 0 Å². The van der Waals surface area contributed by atoms with Crippen LogP contribution in [0.1, 0.15) is 54.6 Å². The fourth-order valence-corrected chi connectivity index (χ4v) is 4.78. The van der Waals surface area contributed by atoms with E-state index in [4.69, 9.17) is 9.26 Å². The Bertz CT molecular complexity index is 1410. The number of aromatic nitrogens is 1. The first-order chi connectivity index (χ1) is 19.1. The van der Waals surface area contributed by atoms with Crippen LogP contribution in [0.3, 0.4) is 0 Å². The Morgan fingerprint density at radius 3 is 2.23 bits per heavy atom. The monoisotopic (exact) mass is 549 g/mol. The normalized spacial score (nSPS) is 12.3. The number of nitrogens with zero attached hydrogens (tertiary/aromatic N) is 1. The van der Waals surface area contributed by atoms with Crippen LogP contribution < -0.4 is 0 Å². The summed E-state index contributed by atoms with van der Waals surface area (Å²) in [7, 11) is 0. The van der Waals surface area contributed by atoms with E-state index in [-0.39, 0.29) is 11.9 Å². The summed E-state index contributed by atoms with van der Waals surface area (Å²) in [5.41, 5.74) is 6.07. The topological polar surface area (TPSA) is 52.3 Å². The molecule has 1 unspecified atom stereocenters. The third kappa shape index (κ3) is 7.62. The number of carbonyl (C=O) groups is 1. The van der Waals surface area contributed by atoms with Crippen molar-refractivity contribution in [2.45, 2.75) is 59.1 Å². The molecular formula is C33H34F3NO3. The van der Waals surface area contributed by atoms with Crippen molar-refractivity contribution in [2.75, 3.05) is 6.61 Å². The van der Waals surface area contributed by atoms with E-state index in [9.17, 15) is 18.0 Å². The molecule has 0 aliphatic heterocycles. The Morgan fingerprint density at radius 1 is 0.925 bits per heavy atom. The summed E-state index contributed by atoms with van der Waals surface area (Å²) in [5.74, 6) is 0.770. The van der Waals surface area contributed by atoms with E-state index in [2.05, 4.69) is 12.1 Å². The first kappa shape index (κ1) is 29.1. The maximum absolute atomic E-state index is 13.0. The minimum absolute atomic E-state index is 0.186. The molecule has 1 aromatic heterocycles. The van der Waals surface area contributed by atoms with Crippen LogP contribution in [-0.2, 0) is 35.0 Å². The average Bonchev–Trinajstić information content (AvgIpc) is 3.30. The van der Waals surface area contributed by atoms with Crippen LogP contribution in [0, 0.1) is 12.8 Å². The number of carbonyl (C=O) groups excluding carboxylic acids is 1. The Morgan fingerprint density at radius 2 is 1.57 bits per heavy atom. The molecule has 3 aromatic carbocycles. The summed E-state index contributed by atoms with van der Waals surface area (Å²) in [6.45, 7) is 6.21. The molecule has 4 nitrogen and oxygen atoms in total. The highest BCUT2D eigenvalue weighted by molar-refractivity contribution is 5.71. The summed E-state index contributed by atoms with van der Waals surface area (Å²) in [6.07, 6.45) is -1.28. The SMILES string of the molecule is CCOC(=O)CCc1ccc(-c2ccc(-c3onc(C)c3CC(C)CCc3cccc(C(F)(F)F)c3)cc2)cc1. The Labute approximate surface area is 233 Å². The number of ether oxygens (including phenoxy) is 1. The van der Waals surface area contributed by atoms with Gasteiger partial charge in [-0.3, -0.25) is 4.79 Å². The maximum Gasteiger partial charge on any atom is 0.416 e. The minimum atomic E-state index is -4.33. The van der Waals surface area contributed by atoms with Gasteiger partial charge in [0.25, 0.3) is 0 Å². The quantitative estimate of drug-likeness (QED) is 0.176. The molecule has 210 valence electrons. The van der Waals surface area contributed by atoms with Crippen LogP contribution in [0.5, 0.6) is 0 Å². The van der Waals surface area contributed by atoms with Crippen molar-refractivity contribution in [1.82, 2.24) is 5.16 Å². The van der Waals surface area contributed by atoms with Crippen molar-refractivity contribution in [3.8, 4) is 22.5 Å². The molecule has 0 fully saturated rings. The smallest absolute Gasteiger partial charge is 0.416 e. The molecule has 0 bridgehead atoms. The van der Waals surface area contributed by atoms with Gasteiger partial charge in [0.15, 0.2) is 5.76 Å². The van der Waals surface area contributed by atoms with E-state index in [1.807, 2.05) is 55.5 Å². The molecule has 4 rings (SSSR count). The second-order valence-corrected chi connectivity index (χ2v) is 10.2. The Hall–Kier alpha value is -3.87. The van der Waals surface area contributed by atoms with Gasteiger partial charge in [-0.2, -0.15) is 13.2 Å². The van der Waals surface area contributed by atoms with E-state index >= 15 is 0 Å². The summed E-state index contributed by atoms with van der Waals surface area (Å²) in [4.78, 5) is 11.6. The van der Waals surface area contributed by atoms with E-state index in [1.54, 1.807) is 13.0 Å². The number of benzene rings is 3. The van der Waals surface area contributed by atoms with Crippen LogP contribution in [0.4, 0.5) is 13.2 Å². The van der Waals surface area contributed by atoms with Gasteiger partial charge < -0.3 is 9.26 Å². The largest absolute Gasteiger partial charge is 0.466 e. The van der Waals surface area contributed by atoms with Gasteiger partial charge in [-0.1, -0.05) is 78.8 Å². The highest BCUT2D eigenvalue weighted by Crippen LogP contribution is 2.32. The highest BCUT2D eigenvalue weighted by Gasteiger charge is 2.30. The molecule has 0 saturated heterocycles. The zero-order chi connectivity index (χ0) is 28.7. The third-order valence-electron chi connectivity index (χ3n) is 7.07. The second-order valence-electron chi connectivity index (χ2n) is 10.2. The predicted octanol–water partition coefficient (Wildman–Crippen LogP) is 8.64. The Kier molecular flexibility index (Phi) is 9.46. The molecule has 0 amide bonds. The van der Waals surface area contributed by atoms with E-state index in [0.717, 1.165) is 58.2 Å². The number of esters is 1. The lowest BCUT2D eigenvalue weighted by atomic mass is 9.91. The third-order valence-corrected chi connectivity index (χ3v) is 7.07. The van der Waals surface area contributed by atoms with Crippen molar-refractivity contribution < 1.29 is 27.2 Å². The predicted molar refractivity (Wildman–Crippen MR) is 150 cm³/mol. The lowest BCUT2D eigenvalue weighted by Crippen LogP contribution is -2.06. The number of hydrogen-bond acceptors (Lipinski definition) is 4. The number of halogens is 3. The average molecular weight is 550 g/mol. The molecule has 1 heterocycles. The van der Waals surface area contributed by atoms with Crippen molar-refractivity contribution in [1.29, 1.82) is 0 Å². The molecule has 0 aliphatic carbocycles. The van der Waals surface area contributed by atoms with Gasteiger partial charge in [0.2, 0.25) is 0 Å². The zero-order valence-corrected chi connectivity index (χ0v) is 23.1. The van der Waals surface area contributed by atoms with Crippen LogP contribution in [0.25, 0.3) is 22.5 Å². The van der Waals surface area contributed by atoms with Crippen LogP contribution in [0.2, 0.25) is 0 Å². The van der Waals surface area contributed by atoms with Gasteiger partial charge in [0, 0.05) is 17.5 Å². The summed E-state index contributed by atoms with van der Waals surface area (Å²) < 4.78 is 49.9. The minimum Gasteiger partial charge on any atom is -0.466 e. The van der Waals surface area contributed by atoms with Crippen LogP contribution in [0.15, 0.2) is 77.3 Å². The molecule has 0 spiro atoms. The van der Waals surface area contributed by atoms with Crippen molar-refractivity contribution in [3.05, 3.63) is 101 Å². The van der Waals surface area contributed by atoms with Crippen LogP contribution in [-0.4, -0.2) is 17.7 Å². The zero-order valence-electron chi connectivity index (χ0n) is 23.1. The molecule has 0 aliphatic rings. The highest BCUT2D eigenvalue weighted by atomic mass is 19.4. The van der Waals surface area contributed by atoms with Gasteiger partial charge in [-0.05, 0) is 73.8 Å². The Balaban J connectivity index is 1.39. The van der Waals surface area contributed by atoms with Crippen LogP contribution >= 0.6 is 0 Å². The molecule has 0 saturated carbocycles. The van der Waals surface area contributed by atoms with Gasteiger partial charge in [-0.15, -0.1) is 0 Å².